The molecule has 0 fully saturated rings. The molecule has 0 heterocycles. The highest BCUT2D eigenvalue weighted by Gasteiger charge is 2.26. The van der Waals surface area contributed by atoms with Gasteiger partial charge in [0.2, 0.25) is 5.91 Å². The van der Waals surface area contributed by atoms with Crippen LogP contribution in [-0.4, -0.2) is 35.9 Å². The van der Waals surface area contributed by atoms with Crippen LogP contribution in [0.4, 0.5) is 0 Å². The first-order valence-corrected chi connectivity index (χ1v) is 10.7. The van der Waals surface area contributed by atoms with Crippen LogP contribution in [0, 0.1) is 0 Å². The maximum Gasteiger partial charge on any atom is 0.261 e. The Morgan fingerprint density at radius 2 is 1.96 bits per heavy atom. The molecule has 0 saturated carbocycles. The molecule has 0 bridgehead atoms. The molecular weight excluding hydrogens is 511 g/mol. The van der Waals surface area contributed by atoms with Crippen LogP contribution in [0.15, 0.2) is 51.4 Å². The third-order valence-corrected chi connectivity index (χ3v) is 5.35. The Kier molecular flexibility index (Phi) is 8.79. The molecule has 0 radical (unpaired) electrons. The van der Waals surface area contributed by atoms with E-state index >= 15 is 0 Å². The van der Waals surface area contributed by atoms with Gasteiger partial charge in [-0.1, -0.05) is 39.7 Å². The lowest BCUT2D eigenvalue weighted by Gasteiger charge is -2.28. The number of nitrogens with one attached hydrogen (secondary N) is 1. The highest BCUT2D eigenvalue weighted by Crippen LogP contribution is 2.28. The lowest BCUT2D eigenvalue weighted by atomic mass is 10.1. The molecule has 2 rings (SSSR count). The number of ether oxygens (including phenoxy) is 1. The average Bonchev–Trinajstić information content (AvgIpc) is 2.65. The first-order chi connectivity index (χ1) is 13.3. The molecule has 2 aromatic rings. The van der Waals surface area contributed by atoms with E-state index in [-0.39, 0.29) is 18.4 Å². The topological polar surface area (TPSA) is 58.6 Å². The summed E-state index contributed by atoms with van der Waals surface area (Å²) in [6.07, 6.45) is 0. The summed E-state index contributed by atoms with van der Waals surface area (Å²) in [4.78, 5) is 26.7. The summed E-state index contributed by atoms with van der Waals surface area (Å²) >= 11 is 12.7. The van der Waals surface area contributed by atoms with E-state index in [0.717, 1.165) is 10.0 Å². The largest absolute Gasteiger partial charge is 0.483 e. The second kappa shape index (κ2) is 10.8. The zero-order valence-corrected chi connectivity index (χ0v) is 19.5. The van der Waals surface area contributed by atoms with E-state index in [9.17, 15) is 9.59 Å². The SMILES string of the molecule is CCNC(=O)[C@H](C)N(Cc1cccc(Br)c1)C(=O)COc1ccc(Cl)cc1Br. The Balaban J connectivity index is 2.16. The highest BCUT2D eigenvalue weighted by atomic mass is 79.9. The van der Waals surface area contributed by atoms with Gasteiger partial charge in [-0.3, -0.25) is 9.59 Å². The second-order valence-electron chi connectivity index (χ2n) is 6.09. The van der Waals surface area contributed by atoms with Crippen LogP contribution in [0.25, 0.3) is 0 Å². The van der Waals surface area contributed by atoms with Crippen molar-refractivity contribution in [1.82, 2.24) is 10.2 Å². The molecular formula is C20H21Br2ClN2O3. The van der Waals surface area contributed by atoms with E-state index in [0.29, 0.717) is 28.3 Å². The standard InChI is InChI=1S/C20H21Br2ClN2O3/c1-3-24-20(27)13(2)25(11-14-5-4-6-15(21)9-14)19(26)12-28-18-8-7-16(23)10-17(18)22/h4-10,13H,3,11-12H2,1-2H3,(H,24,27)/t13-/m0/s1. The molecule has 0 saturated heterocycles. The molecule has 28 heavy (non-hydrogen) atoms. The molecule has 8 heteroatoms. The fourth-order valence-electron chi connectivity index (χ4n) is 2.55. The van der Waals surface area contributed by atoms with Crippen LogP contribution < -0.4 is 10.1 Å². The molecule has 0 aromatic heterocycles. The summed E-state index contributed by atoms with van der Waals surface area (Å²) in [6, 6.07) is 12.0. The van der Waals surface area contributed by atoms with Crippen LogP contribution in [0.3, 0.4) is 0 Å². The summed E-state index contributed by atoms with van der Waals surface area (Å²) < 4.78 is 7.21. The summed E-state index contributed by atoms with van der Waals surface area (Å²) in [5.74, 6) is 0.00455. The first-order valence-electron chi connectivity index (χ1n) is 8.71. The molecule has 0 aliphatic rings. The number of amides is 2. The number of nitrogens with zero attached hydrogens (tertiary/aromatic N) is 1. The molecule has 1 N–H and O–H groups in total. The molecule has 5 nitrogen and oxygen atoms in total. The smallest absolute Gasteiger partial charge is 0.261 e. The normalized spacial score (nSPS) is 11.6. The maximum atomic E-state index is 12.9. The fraction of sp³-hybridized carbons (Fsp3) is 0.300. The Morgan fingerprint density at radius 1 is 1.21 bits per heavy atom. The van der Waals surface area contributed by atoms with Gasteiger partial charge in [0.1, 0.15) is 11.8 Å². The summed E-state index contributed by atoms with van der Waals surface area (Å²) in [5, 5.41) is 3.32. The van der Waals surface area contributed by atoms with Crippen molar-refractivity contribution in [3.63, 3.8) is 0 Å². The van der Waals surface area contributed by atoms with Crippen molar-refractivity contribution in [2.45, 2.75) is 26.4 Å². The number of likely N-dealkylation sites (N-methyl/N-ethyl adjacent to an activating group) is 1. The van der Waals surface area contributed by atoms with Crippen molar-refractivity contribution in [2.75, 3.05) is 13.2 Å². The minimum absolute atomic E-state index is 0.196. The number of hydrogen-bond donors (Lipinski definition) is 1. The Labute approximate surface area is 186 Å². The number of halogens is 3. The van der Waals surface area contributed by atoms with Gasteiger partial charge in [0.05, 0.1) is 4.47 Å². The number of carbonyl (C=O) groups excluding carboxylic acids is 2. The van der Waals surface area contributed by atoms with Gasteiger partial charge in [0.15, 0.2) is 6.61 Å². The van der Waals surface area contributed by atoms with E-state index in [1.54, 1.807) is 25.1 Å². The maximum absolute atomic E-state index is 12.9. The van der Waals surface area contributed by atoms with Crippen LogP contribution in [0.5, 0.6) is 5.75 Å². The fourth-order valence-corrected chi connectivity index (χ4v) is 3.80. The molecule has 2 amide bonds. The van der Waals surface area contributed by atoms with Gasteiger partial charge in [0.25, 0.3) is 5.91 Å². The molecule has 1 atom stereocenters. The van der Waals surface area contributed by atoms with Crippen LogP contribution in [0.2, 0.25) is 5.02 Å². The van der Waals surface area contributed by atoms with Gasteiger partial charge in [0, 0.05) is 22.6 Å². The minimum atomic E-state index is -0.635. The van der Waals surface area contributed by atoms with Gasteiger partial charge in [-0.15, -0.1) is 0 Å². The monoisotopic (exact) mass is 530 g/mol. The van der Waals surface area contributed by atoms with Crippen LogP contribution >= 0.6 is 43.5 Å². The van der Waals surface area contributed by atoms with Crippen molar-refractivity contribution in [3.05, 3.63) is 62.0 Å². The molecule has 150 valence electrons. The zero-order valence-electron chi connectivity index (χ0n) is 15.5. The van der Waals surface area contributed by atoms with Gasteiger partial charge in [-0.05, 0) is 65.7 Å². The van der Waals surface area contributed by atoms with E-state index in [1.807, 2.05) is 31.2 Å². The number of benzene rings is 2. The molecule has 0 aliphatic carbocycles. The molecule has 0 aliphatic heterocycles. The highest BCUT2D eigenvalue weighted by molar-refractivity contribution is 9.10. The predicted octanol–water partition coefficient (Wildman–Crippen LogP) is 4.80. The van der Waals surface area contributed by atoms with Gasteiger partial charge < -0.3 is 15.0 Å². The number of carbonyl (C=O) groups is 2. The third kappa shape index (κ3) is 6.50. The van der Waals surface area contributed by atoms with Gasteiger partial charge in [-0.2, -0.15) is 0 Å². The predicted molar refractivity (Wildman–Crippen MR) is 117 cm³/mol. The summed E-state index contributed by atoms with van der Waals surface area (Å²) in [5.41, 5.74) is 0.909. The lowest BCUT2D eigenvalue weighted by Crippen LogP contribution is -2.49. The van der Waals surface area contributed by atoms with Crippen molar-refractivity contribution in [1.29, 1.82) is 0 Å². The minimum Gasteiger partial charge on any atom is -0.483 e. The number of hydrogen-bond acceptors (Lipinski definition) is 3. The summed E-state index contributed by atoms with van der Waals surface area (Å²) in [6.45, 7) is 4.14. The Hall–Kier alpha value is -1.57. The second-order valence-corrected chi connectivity index (χ2v) is 8.29. The van der Waals surface area contributed by atoms with E-state index in [1.165, 1.54) is 4.90 Å². The molecule has 0 spiro atoms. The van der Waals surface area contributed by atoms with Crippen molar-refractivity contribution >= 4 is 55.3 Å². The van der Waals surface area contributed by atoms with Crippen LogP contribution in [0.1, 0.15) is 19.4 Å². The lowest BCUT2D eigenvalue weighted by molar-refractivity contribution is -0.142. The average molecular weight is 533 g/mol. The molecule has 0 unspecified atom stereocenters. The first kappa shape index (κ1) is 22.7. The Bertz CT molecular complexity index is 848. The van der Waals surface area contributed by atoms with E-state index < -0.39 is 6.04 Å². The van der Waals surface area contributed by atoms with Crippen molar-refractivity contribution < 1.29 is 14.3 Å². The molecule has 2 aromatic carbocycles. The van der Waals surface area contributed by atoms with E-state index in [4.69, 9.17) is 16.3 Å². The van der Waals surface area contributed by atoms with Gasteiger partial charge in [-0.25, -0.2) is 0 Å². The zero-order chi connectivity index (χ0) is 20.7. The summed E-state index contributed by atoms with van der Waals surface area (Å²) in [7, 11) is 0. The van der Waals surface area contributed by atoms with E-state index in [2.05, 4.69) is 37.2 Å². The number of rotatable bonds is 8. The van der Waals surface area contributed by atoms with Crippen molar-refractivity contribution in [3.8, 4) is 5.75 Å². The van der Waals surface area contributed by atoms with Crippen molar-refractivity contribution in [2.24, 2.45) is 0 Å². The quantitative estimate of drug-likeness (QED) is 0.532. The van der Waals surface area contributed by atoms with Gasteiger partial charge >= 0.3 is 0 Å². The third-order valence-electron chi connectivity index (χ3n) is 4.01. The van der Waals surface area contributed by atoms with Crippen LogP contribution in [-0.2, 0) is 16.1 Å². The Morgan fingerprint density at radius 3 is 2.61 bits per heavy atom.